The number of aromatic nitrogens is 3. The quantitative estimate of drug-likeness (QED) is 0.791. The molecule has 1 atom stereocenters. The minimum atomic E-state index is -0.409. The second kappa shape index (κ2) is 6.11. The molecule has 3 heterocycles. The van der Waals surface area contributed by atoms with Crippen molar-refractivity contribution in [3.05, 3.63) is 35.0 Å². The minimum absolute atomic E-state index is 0.409. The number of fused-ring (bicyclic) bond motifs is 3. The number of nitrogens with zero attached hydrogens (tertiary/aromatic N) is 4. The van der Waals surface area contributed by atoms with Crippen LogP contribution in [0.1, 0.15) is 23.8 Å². The maximum atomic E-state index is 9.79. The molecule has 0 amide bonds. The highest BCUT2D eigenvalue weighted by Gasteiger charge is 2.24. The molecule has 1 aliphatic rings. The van der Waals surface area contributed by atoms with Gasteiger partial charge in [0.15, 0.2) is 5.82 Å². The Balaban J connectivity index is 1.92. The van der Waals surface area contributed by atoms with Crippen LogP contribution >= 0.6 is 11.3 Å². The van der Waals surface area contributed by atoms with Crippen molar-refractivity contribution in [2.24, 2.45) is 0 Å². The highest BCUT2D eigenvalue weighted by Crippen LogP contribution is 2.41. The molecule has 1 N–H and O–H groups in total. The van der Waals surface area contributed by atoms with Gasteiger partial charge in [-0.1, -0.05) is 0 Å². The van der Waals surface area contributed by atoms with Crippen molar-refractivity contribution >= 4 is 27.4 Å². The van der Waals surface area contributed by atoms with Crippen molar-refractivity contribution in [3.8, 4) is 11.4 Å². The Morgan fingerprint density at radius 3 is 2.96 bits per heavy atom. The predicted molar refractivity (Wildman–Crippen MR) is 97.6 cm³/mol. The monoisotopic (exact) mass is 340 g/mol. The lowest BCUT2D eigenvalue weighted by Gasteiger charge is -2.21. The summed E-state index contributed by atoms with van der Waals surface area (Å²) in [4.78, 5) is 18.4. The van der Waals surface area contributed by atoms with Crippen molar-refractivity contribution in [1.82, 2.24) is 15.0 Å². The van der Waals surface area contributed by atoms with Crippen LogP contribution in [0.2, 0.25) is 0 Å². The van der Waals surface area contributed by atoms with Gasteiger partial charge in [0.25, 0.3) is 0 Å². The van der Waals surface area contributed by atoms with Crippen LogP contribution in [0, 0.1) is 0 Å². The summed E-state index contributed by atoms with van der Waals surface area (Å²) in [5, 5.41) is 11.0. The molecule has 0 aliphatic heterocycles. The number of pyridine rings is 1. The summed E-state index contributed by atoms with van der Waals surface area (Å²) < 4.78 is 0. The van der Waals surface area contributed by atoms with Crippen LogP contribution in [0.25, 0.3) is 21.6 Å². The molecule has 0 saturated heterocycles. The van der Waals surface area contributed by atoms with Crippen molar-refractivity contribution in [2.45, 2.75) is 32.3 Å². The molecule has 0 saturated carbocycles. The van der Waals surface area contributed by atoms with Gasteiger partial charge in [0, 0.05) is 36.4 Å². The second-order valence-corrected chi connectivity index (χ2v) is 7.46. The van der Waals surface area contributed by atoms with Gasteiger partial charge >= 0.3 is 0 Å². The summed E-state index contributed by atoms with van der Waals surface area (Å²) in [6.45, 7) is 2.35. The van der Waals surface area contributed by atoms with E-state index in [0.717, 1.165) is 29.1 Å². The standard InChI is InChI=1S/C18H20N4OS/c1-11(23)10-22(2)17-15-13-6-3-7-14(13)24-18(15)21-16(20-17)12-5-4-8-19-9-12/h4-5,8-9,11,23H,3,6-7,10H2,1-2H3. The highest BCUT2D eigenvalue weighted by molar-refractivity contribution is 7.19. The van der Waals surface area contributed by atoms with Gasteiger partial charge in [0.2, 0.25) is 0 Å². The Hall–Kier alpha value is -2.05. The molecule has 1 unspecified atom stereocenters. The zero-order chi connectivity index (χ0) is 16.7. The van der Waals surface area contributed by atoms with E-state index in [1.165, 1.54) is 22.2 Å². The van der Waals surface area contributed by atoms with E-state index in [2.05, 4.69) is 4.98 Å². The van der Waals surface area contributed by atoms with Gasteiger partial charge in [0.1, 0.15) is 10.6 Å². The fourth-order valence-corrected chi connectivity index (χ4v) is 4.62. The van der Waals surface area contributed by atoms with Gasteiger partial charge in [-0.3, -0.25) is 4.98 Å². The van der Waals surface area contributed by atoms with Crippen molar-refractivity contribution in [2.75, 3.05) is 18.5 Å². The third-order valence-corrected chi connectivity index (χ3v) is 5.55. The first kappa shape index (κ1) is 15.5. The number of rotatable bonds is 4. The van der Waals surface area contributed by atoms with Gasteiger partial charge in [-0.15, -0.1) is 11.3 Å². The van der Waals surface area contributed by atoms with Crippen LogP contribution in [0.4, 0.5) is 5.82 Å². The lowest BCUT2D eigenvalue weighted by atomic mass is 10.1. The maximum absolute atomic E-state index is 9.79. The van der Waals surface area contributed by atoms with Crippen LogP contribution in [-0.2, 0) is 12.8 Å². The number of aliphatic hydroxyl groups is 1. The molecule has 5 nitrogen and oxygen atoms in total. The Morgan fingerprint density at radius 2 is 2.21 bits per heavy atom. The second-order valence-electron chi connectivity index (χ2n) is 6.38. The predicted octanol–water partition coefficient (Wildman–Crippen LogP) is 3.06. The summed E-state index contributed by atoms with van der Waals surface area (Å²) in [6.07, 6.45) is 6.58. The molecule has 1 aliphatic carbocycles. The first-order chi connectivity index (χ1) is 11.6. The lowest BCUT2D eigenvalue weighted by Crippen LogP contribution is -2.28. The van der Waals surface area contributed by atoms with Crippen LogP contribution in [0.15, 0.2) is 24.5 Å². The van der Waals surface area contributed by atoms with Gasteiger partial charge in [-0.05, 0) is 43.9 Å². The van der Waals surface area contributed by atoms with Gasteiger partial charge < -0.3 is 10.0 Å². The van der Waals surface area contributed by atoms with Crippen LogP contribution in [-0.4, -0.2) is 39.8 Å². The summed E-state index contributed by atoms with van der Waals surface area (Å²) in [6, 6.07) is 3.88. The molecule has 0 bridgehead atoms. The molecule has 24 heavy (non-hydrogen) atoms. The zero-order valence-electron chi connectivity index (χ0n) is 13.9. The molecule has 3 aromatic rings. The molecule has 3 aromatic heterocycles. The average Bonchev–Trinajstić information content (AvgIpc) is 3.14. The molecule has 6 heteroatoms. The van der Waals surface area contributed by atoms with Crippen LogP contribution in [0.5, 0.6) is 0 Å². The van der Waals surface area contributed by atoms with E-state index in [1.807, 2.05) is 24.1 Å². The summed E-state index contributed by atoms with van der Waals surface area (Å²) in [5.74, 6) is 1.61. The van der Waals surface area contributed by atoms with E-state index in [1.54, 1.807) is 30.7 Å². The molecule has 0 spiro atoms. The minimum Gasteiger partial charge on any atom is -0.392 e. The molecular weight excluding hydrogens is 320 g/mol. The van der Waals surface area contributed by atoms with Crippen molar-refractivity contribution < 1.29 is 5.11 Å². The number of likely N-dealkylation sites (N-methyl/N-ethyl adjacent to an activating group) is 1. The Labute approximate surface area is 145 Å². The number of aryl methyl sites for hydroxylation is 2. The highest BCUT2D eigenvalue weighted by atomic mass is 32.1. The zero-order valence-corrected chi connectivity index (χ0v) is 14.7. The van der Waals surface area contributed by atoms with E-state index in [4.69, 9.17) is 9.97 Å². The number of anilines is 1. The number of hydrogen-bond acceptors (Lipinski definition) is 6. The van der Waals surface area contributed by atoms with Gasteiger partial charge in [-0.2, -0.15) is 0 Å². The average molecular weight is 340 g/mol. The third-order valence-electron chi connectivity index (χ3n) is 4.36. The Morgan fingerprint density at radius 1 is 1.33 bits per heavy atom. The smallest absolute Gasteiger partial charge is 0.164 e. The summed E-state index contributed by atoms with van der Waals surface area (Å²) in [7, 11) is 1.99. The number of aliphatic hydroxyl groups excluding tert-OH is 1. The Kier molecular flexibility index (Phi) is 3.94. The fourth-order valence-electron chi connectivity index (χ4n) is 3.36. The topological polar surface area (TPSA) is 62.1 Å². The molecule has 4 rings (SSSR count). The molecule has 0 aromatic carbocycles. The van der Waals surface area contributed by atoms with Crippen LogP contribution < -0.4 is 4.90 Å². The van der Waals surface area contributed by atoms with E-state index in [-0.39, 0.29) is 0 Å². The third kappa shape index (κ3) is 2.65. The first-order valence-corrected chi connectivity index (χ1v) is 9.07. The molecule has 0 radical (unpaired) electrons. The van der Waals surface area contributed by atoms with E-state index >= 15 is 0 Å². The molecular formula is C18H20N4OS. The van der Waals surface area contributed by atoms with Gasteiger partial charge in [0.05, 0.1) is 11.5 Å². The van der Waals surface area contributed by atoms with E-state index in [0.29, 0.717) is 12.4 Å². The fraction of sp³-hybridized carbons (Fsp3) is 0.389. The lowest BCUT2D eigenvalue weighted by molar-refractivity contribution is 0.201. The van der Waals surface area contributed by atoms with Crippen molar-refractivity contribution in [3.63, 3.8) is 0 Å². The van der Waals surface area contributed by atoms with E-state index < -0.39 is 6.10 Å². The number of hydrogen-bond donors (Lipinski definition) is 1. The van der Waals surface area contributed by atoms with Crippen molar-refractivity contribution in [1.29, 1.82) is 0 Å². The molecule has 124 valence electrons. The SMILES string of the molecule is CC(O)CN(C)c1nc(-c2cccnc2)nc2sc3c(c12)CCC3. The van der Waals surface area contributed by atoms with E-state index in [9.17, 15) is 5.11 Å². The normalized spacial score (nSPS) is 14.8. The summed E-state index contributed by atoms with van der Waals surface area (Å²) >= 11 is 1.78. The molecule has 0 fully saturated rings. The number of thiophene rings is 1. The van der Waals surface area contributed by atoms with Crippen LogP contribution in [0.3, 0.4) is 0 Å². The largest absolute Gasteiger partial charge is 0.392 e. The van der Waals surface area contributed by atoms with Gasteiger partial charge in [-0.25, -0.2) is 9.97 Å². The summed E-state index contributed by atoms with van der Waals surface area (Å²) in [5.41, 5.74) is 2.32. The first-order valence-electron chi connectivity index (χ1n) is 8.25. The Bertz CT molecular complexity index is 876. The maximum Gasteiger partial charge on any atom is 0.164 e.